The number of benzene rings is 1. The van der Waals surface area contributed by atoms with Crippen LogP contribution in [0, 0.1) is 12.3 Å². The average Bonchev–Trinajstić information content (AvgIpc) is 2.77. The van der Waals surface area contributed by atoms with Crippen molar-refractivity contribution < 1.29 is 19.2 Å². The average molecular weight is 310 g/mol. The van der Waals surface area contributed by atoms with Crippen molar-refractivity contribution in [2.45, 2.75) is 31.7 Å². The molecule has 6 heteroatoms. The highest BCUT2D eigenvalue weighted by atomic mass is 16.2. The first-order valence-electron chi connectivity index (χ1n) is 7.31. The molecule has 4 amide bonds. The number of hydrogen-bond acceptors (Lipinski definition) is 4. The minimum absolute atomic E-state index is 0.108. The number of carbonyl (C=O) groups is 4. The normalized spacial score (nSPS) is 20.3. The minimum atomic E-state index is -0.936. The van der Waals surface area contributed by atoms with Crippen LogP contribution in [-0.2, 0) is 16.0 Å². The maximum absolute atomic E-state index is 12.6. The summed E-state index contributed by atoms with van der Waals surface area (Å²) in [6, 6.07) is 4.07. The number of carbonyl (C=O) groups excluding carboxylic acids is 4. The van der Waals surface area contributed by atoms with E-state index in [0.29, 0.717) is 12.8 Å². The molecule has 116 valence electrons. The van der Waals surface area contributed by atoms with Gasteiger partial charge in [-0.05, 0) is 30.5 Å². The van der Waals surface area contributed by atoms with Gasteiger partial charge in [0.15, 0.2) is 0 Å². The summed E-state index contributed by atoms with van der Waals surface area (Å²) in [7, 11) is 0. The Bertz CT molecular complexity index is 775. The lowest BCUT2D eigenvalue weighted by Crippen LogP contribution is -2.54. The number of rotatable bonds is 3. The van der Waals surface area contributed by atoms with Crippen LogP contribution in [-0.4, -0.2) is 34.6 Å². The van der Waals surface area contributed by atoms with E-state index in [-0.39, 0.29) is 29.9 Å². The fourth-order valence-corrected chi connectivity index (χ4v) is 2.89. The number of nitrogens with one attached hydrogen (secondary N) is 1. The molecule has 2 aliphatic heterocycles. The van der Waals surface area contributed by atoms with Gasteiger partial charge in [0.1, 0.15) is 6.04 Å². The van der Waals surface area contributed by atoms with Crippen molar-refractivity contribution in [3.8, 4) is 12.3 Å². The first-order chi connectivity index (χ1) is 11.0. The lowest BCUT2D eigenvalue weighted by atomic mass is 10.0. The molecule has 1 aromatic carbocycles. The summed E-state index contributed by atoms with van der Waals surface area (Å²) in [5, 5.41) is 2.17. The first kappa shape index (κ1) is 15.0. The third kappa shape index (κ3) is 2.50. The predicted molar refractivity (Wildman–Crippen MR) is 80.3 cm³/mol. The van der Waals surface area contributed by atoms with Gasteiger partial charge in [-0.3, -0.25) is 29.4 Å². The zero-order chi connectivity index (χ0) is 16.6. The van der Waals surface area contributed by atoms with Crippen LogP contribution in [0.3, 0.4) is 0 Å². The molecule has 0 aromatic heterocycles. The maximum atomic E-state index is 12.6. The molecule has 0 aliphatic carbocycles. The Hall–Kier alpha value is -2.94. The Kier molecular flexibility index (Phi) is 3.70. The lowest BCUT2D eigenvalue weighted by molar-refractivity contribution is -0.136. The molecule has 23 heavy (non-hydrogen) atoms. The highest BCUT2D eigenvalue weighted by molar-refractivity contribution is 6.23. The second kappa shape index (κ2) is 5.69. The molecular weight excluding hydrogens is 296 g/mol. The maximum Gasteiger partial charge on any atom is 0.262 e. The van der Waals surface area contributed by atoms with Crippen LogP contribution in [0.1, 0.15) is 45.5 Å². The highest BCUT2D eigenvalue weighted by Crippen LogP contribution is 2.28. The monoisotopic (exact) mass is 310 g/mol. The van der Waals surface area contributed by atoms with E-state index >= 15 is 0 Å². The molecule has 0 saturated carbocycles. The van der Waals surface area contributed by atoms with Gasteiger partial charge in [-0.25, -0.2) is 0 Å². The number of hydrogen-bond donors (Lipinski definition) is 1. The summed E-state index contributed by atoms with van der Waals surface area (Å²) >= 11 is 0. The topological polar surface area (TPSA) is 83.6 Å². The van der Waals surface area contributed by atoms with E-state index < -0.39 is 23.8 Å². The van der Waals surface area contributed by atoms with Gasteiger partial charge in [-0.15, -0.1) is 12.3 Å². The highest BCUT2D eigenvalue weighted by Gasteiger charge is 2.44. The Morgan fingerprint density at radius 3 is 2.61 bits per heavy atom. The standard InChI is InChI=1S/C17H14N2O4/c1-2-3-4-10-5-6-11-12(9-10)17(23)19(16(11)22)13-7-8-14(20)18-15(13)21/h1,5-6,9,13H,3-4,7-8H2,(H,18,20,21). The van der Waals surface area contributed by atoms with E-state index in [1.807, 2.05) is 0 Å². The van der Waals surface area contributed by atoms with E-state index in [2.05, 4.69) is 11.2 Å². The summed E-state index contributed by atoms with van der Waals surface area (Å²) in [6.45, 7) is 0. The van der Waals surface area contributed by atoms with E-state index in [4.69, 9.17) is 6.42 Å². The smallest absolute Gasteiger partial charge is 0.262 e. The van der Waals surface area contributed by atoms with Crippen molar-refractivity contribution >= 4 is 23.6 Å². The molecule has 1 fully saturated rings. The molecule has 0 radical (unpaired) electrons. The van der Waals surface area contributed by atoms with Crippen molar-refractivity contribution in [3.05, 3.63) is 34.9 Å². The predicted octanol–water partition coefficient (Wildman–Crippen LogP) is 0.654. The second-order valence-electron chi connectivity index (χ2n) is 5.53. The fourth-order valence-electron chi connectivity index (χ4n) is 2.89. The molecule has 1 aromatic rings. The van der Waals surface area contributed by atoms with Crippen molar-refractivity contribution in [2.75, 3.05) is 0 Å². The van der Waals surface area contributed by atoms with Gasteiger partial charge < -0.3 is 0 Å². The molecule has 0 spiro atoms. The number of amides is 4. The molecule has 1 atom stereocenters. The van der Waals surface area contributed by atoms with Gasteiger partial charge in [-0.2, -0.15) is 0 Å². The van der Waals surface area contributed by atoms with E-state index in [0.717, 1.165) is 10.5 Å². The molecule has 3 rings (SSSR count). The Morgan fingerprint density at radius 1 is 1.17 bits per heavy atom. The summed E-state index contributed by atoms with van der Waals surface area (Å²) in [5.41, 5.74) is 1.44. The van der Waals surface area contributed by atoms with Crippen LogP contribution in [0.4, 0.5) is 0 Å². The van der Waals surface area contributed by atoms with Crippen LogP contribution in [0.25, 0.3) is 0 Å². The second-order valence-corrected chi connectivity index (χ2v) is 5.53. The molecular formula is C17H14N2O4. The summed E-state index contributed by atoms with van der Waals surface area (Å²) < 4.78 is 0. The van der Waals surface area contributed by atoms with Crippen LogP contribution < -0.4 is 5.32 Å². The number of piperidine rings is 1. The Labute approximate surface area is 132 Å². The summed E-state index contributed by atoms with van der Waals surface area (Å²) in [5.74, 6) is 0.534. The summed E-state index contributed by atoms with van der Waals surface area (Å²) in [4.78, 5) is 49.1. The van der Waals surface area contributed by atoms with Crippen molar-refractivity contribution in [1.82, 2.24) is 10.2 Å². The Balaban J connectivity index is 1.90. The van der Waals surface area contributed by atoms with Crippen LogP contribution in [0.2, 0.25) is 0 Å². The molecule has 2 heterocycles. The lowest BCUT2D eigenvalue weighted by Gasteiger charge is -2.27. The van der Waals surface area contributed by atoms with E-state index in [9.17, 15) is 19.2 Å². The number of imide groups is 2. The van der Waals surface area contributed by atoms with Gasteiger partial charge in [-0.1, -0.05) is 6.07 Å². The van der Waals surface area contributed by atoms with Gasteiger partial charge >= 0.3 is 0 Å². The SMILES string of the molecule is C#CCCc1ccc2c(c1)C(=O)N(C1CCC(=O)NC1=O)C2=O. The number of aryl methyl sites for hydroxylation is 1. The third-order valence-electron chi connectivity index (χ3n) is 4.06. The van der Waals surface area contributed by atoms with E-state index in [1.165, 1.54) is 0 Å². The first-order valence-corrected chi connectivity index (χ1v) is 7.31. The largest absolute Gasteiger partial charge is 0.295 e. The van der Waals surface area contributed by atoms with Gasteiger partial charge in [0.25, 0.3) is 11.8 Å². The van der Waals surface area contributed by atoms with Crippen molar-refractivity contribution in [2.24, 2.45) is 0 Å². The quantitative estimate of drug-likeness (QED) is 0.656. The zero-order valence-corrected chi connectivity index (χ0v) is 12.3. The molecule has 1 saturated heterocycles. The van der Waals surface area contributed by atoms with Gasteiger partial charge in [0.2, 0.25) is 11.8 Å². The van der Waals surface area contributed by atoms with Gasteiger partial charge in [0.05, 0.1) is 11.1 Å². The molecule has 6 nitrogen and oxygen atoms in total. The number of terminal acetylenes is 1. The van der Waals surface area contributed by atoms with Crippen molar-refractivity contribution in [3.63, 3.8) is 0 Å². The van der Waals surface area contributed by atoms with Gasteiger partial charge in [0, 0.05) is 12.8 Å². The van der Waals surface area contributed by atoms with Crippen molar-refractivity contribution in [1.29, 1.82) is 0 Å². The number of nitrogens with zero attached hydrogens (tertiary/aromatic N) is 1. The molecule has 1 unspecified atom stereocenters. The van der Waals surface area contributed by atoms with Crippen LogP contribution in [0.15, 0.2) is 18.2 Å². The number of fused-ring (bicyclic) bond motifs is 1. The van der Waals surface area contributed by atoms with E-state index in [1.54, 1.807) is 18.2 Å². The molecule has 2 aliphatic rings. The van der Waals surface area contributed by atoms with Crippen LogP contribution >= 0.6 is 0 Å². The van der Waals surface area contributed by atoms with Crippen LogP contribution in [0.5, 0.6) is 0 Å². The zero-order valence-electron chi connectivity index (χ0n) is 12.3. The Morgan fingerprint density at radius 2 is 1.91 bits per heavy atom. The molecule has 0 bridgehead atoms. The minimum Gasteiger partial charge on any atom is -0.295 e. The summed E-state index contributed by atoms with van der Waals surface area (Å²) in [6.07, 6.45) is 6.65. The fraction of sp³-hybridized carbons (Fsp3) is 0.294. The molecule has 1 N–H and O–H groups in total. The third-order valence-corrected chi connectivity index (χ3v) is 4.06.